The third-order valence-corrected chi connectivity index (χ3v) is 2.20. The van der Waals surface area contributed by atoms with Gasteiger partial charge < -0.3 is 19.8 Å². The van der Waals surface area contributed by atoms with Crippen LogP contribution in [0.5, 0.6) is 0 Å². The van der Waals surface area contributed by atoms with Crippen molar-refractivity contribution in [3.8, 4) is 0 Å². The Morgan fingerprint density at radius 1 is 1.47 bits per heavy atom. The van der Waals surface area contributed by atoms with Gasteiger partial charge in [0.2, 0.25) is 0 Å². The second-order valence-electron chi connectivity index (χ2n) is 3.61. The third-order valence-electron chi connectivity index (χ3n) is 2.20. The molecular weight excluding hydrogens is 198 g/mol. The van der Waals surface area contributed by atoms with Crippen LogP contribution in [0.3, 0.4) is 0 Å². The van der Waals surface area contributed by atoms with Crippen molar-refractivity contribution in [3.63, 3.8) is 0 Å². The van der Waals surface area contributed by atoms with Crippen LogP contribution < -0.4 is 0 Å². The molecule has 5 nitrogen and oxygen atoms in total. The van der Waals surface area contributed by atoms with Crippen molar-refractivity contribution < 1.29 is 19.7 Å². The number of aliphatic hydroxyl groups is 1. The molecule has 0 aromatic heterocycles. The summed E-state index contributed by atoms with van der Waals surface area (Å²) in [7, 11) is 1.62. The molecule has 0 spiro atoms. The second-order valence-corrected chi connectivity index (χ2v) is 3.61. The summed E-state index contributed by atoms with van der Waals surface area (Å²) in [6.45, 7) is 4.30. The molecule has 2 N–H and O–H groups in total. The van der Waals surface area contributed by atoms with Gasteiger partial charge in [-0.15, -0.1) is 0 Å². The van der Waals surface area contributed by atoms with Gasteiger partial charge in [-0.3, -0.25) is 4.79 Å². The van der Waals surface area contributed by atoms with E-state index in [1.165, 1.54) is 0 Å². The highest BCUT2D eigenvalue weighted by molar-refractivity contribution is 5.69. The van der Waals surface area contributed by atoms with E-state index in [0.717, 1.165) is 0 Å². The van der Waals surface area contributed by atoms with Crippen LogP contribution in [0.15, 0.2) is 0 Å². The van der Waals surface area contributed by atoms with E-state index in [-0.39, 0.29) is 12.5 Å². The SMILES string of the molecule is COCCN(CCCO)CC(C)C(=O)O. The Bertz CT molecular complexity index is 167. The van der Waals surface area contributed by atoms with Gasteiger partial charge in [-0.25, -0.2) is 0 Å². The molecule has 0 aliphatic heterocycles. The van der Waals surface area contributed by atoms with Crippen LogP contribution in [0.2, 0.25) is 0 Å². The Morgan fingerprint density at radius 2 is 2.13 bits per heavy atom. The zero-order valence-corrected chi connectivity index (χ0v) is 9.48. The van der Waals surface area contributed by atoms with Crippen molar-refractivity contribution in [1.29, 1.82) is 0 Å². The van der Waals surface area contributed by atoms with E-state index in [2.05, 4.69) is 0 Å². The molecule has 0 aliphatic carbocycles. The summed E-state index contributed by atoms with van der Waals surface area (Å²) in [5, 5.41) is 17.5. The minimum Gasteiger partial charge on any atom is -0.481 e. The highest BCUT2D eigenvalue weighted by Crippen LogP contribution is 2.01. The molecule has 0 aromatic rings. The highest BCUT2D eigenvalue weighted by atomic mass is 16.5. The number of methoxy groups -OCH3 is 1. The monoisotopic (exact) mass is 219 g/mol. The lowest BCUT2D eigenvalue weighted by Crippen LogP contribution is -2.35. The topological polar surface area (TPSA) is 70.0 Å². The maximum absolute atomic E-state index is 10.7. The Kier molecular flexibility index (Phi) is 8.27. The van der Waals surface area contributed by atoms with E-state index in [0.29, 0.717) is 32.7 Å². The quantitative estimate of drug-likeness (QED) is 0.573. The van der Waals surface area contributed by atoms with E-state index in [4.69, 9.17) is 14.9 Å². The predicted molar refractivity (Wildman–Crippen MR) is 56.8 cm³/mol. The van der Waals surface area contributed by atoms with Crippen LogP contribution in [0, 0.1) is 5.92 Å². The minimum absolute atomic E-state index is 0.130. The number of hydrogen-bond acceptors (Lipinski definition) is 4. The van der Waals surface area contributed by atoms with Gasteiger partial charge in [0.1, 0.15) is 0 Å². The molecule has 0 aliphatic rings. The summed E-state index contributed by atoms with van der Waals surface area (Å²) in [6, 6.07) is 0. The first-order valence-corrected chi connectivity index (χ1v) is 5.16. The largest absolute Gasteiger partial charge is 0.481 e. The average molecular weight is 219 g/mol. The van der Waals surface area contributed by atoms with Crippen LogP contribution >= 0.6 is 0 Å². The number of aliphatic hydroxyl groups excluding tert-OH is 1. The fourth-order valence-corrected chi connectivity index (χ4v) is 1.27. The predicted octanol–water partition coefficient (Wildman–Crippen LogP) is 0.0379. The van der Waals surface area contributed by atoms with Crippen LogP contribution in [-0.4, -0.2) is 61.0 Å². The Balaban J connectivity index is 3.92. The van der Waals surface area contributed by atoms with Gasteiger partial charge in [0, 0.05) is 33.4 Å². The number of carboxylic acid groups (broad SMARTS) is 1. The van der Waals surface area contributed by atoms with Gasteiger partial charge in [0.05, 0.1) is 12.5 Å². The summed E-state index contributed by atoms with van der Waals surface area (Å²) >= 11 is 0. The molecule has 1 atom stereocenters. The summed E-state index contributed by atoms with van der Waals surface area (Å²) < 4.78 is 4.94. The molecule has 0 amide bonds. The number of carbonyl (C=O) groups is 1. The van der Waals surface area contributed by atoms with Crippen LogP contribution in [0.25, 0.3) is 0 Å². The molecule has 0 fully saturated rings. The Labute approximate surface area is 90.6 Å². The first kappa shape index (κ1) is 14.3. The van der Waals surface area contributed by atoms with Gasteiger partial charge in [-0.1, -0.05) is 6.92 Å². The lowest BCUT2D eigenvalue weighted by molar-refractivity contribution is -0.141. The maximum Gasteiger partial charge on any atom is 0.307 e. The third kappa shape index (κ3) is 7.30. The van der Waals surface area contributed by atoms with Crippen molar-refractivity contribution in [2.45, 2.75) is 13.3 Å². The smallest absolute Gasteiger partial charge is 0.307 e. The molecule has 90 valence electrons. The number of hydrogen-bond donors (Lipinski definition) is 2. The van der Waals surface area contributed by atoms with E-state index < -0.39 is 5.97 Å². The summed E-state index contributed by atoms with van der Waals surface area (Å²) in [4.78, 5) is 12.7. The first-order valence-electron chi connectivity index (χ1n) is 5.16. The highest BCUT2D eigenvalue weighted by Gasteiger charge is 2.15. The number of rotatable bonds is 9. The molecule has 0 radical (unpaired) electrons. The van der Waals surface area contributed by atoms with Crippen molar-refractivity contribution in [1.82, 2.24) is 4.90 Å². The molecule has 1 unspecified atom stereocenters. The van der Waals surface area contributed by atoms with Crippen molar-refractivity contribution in [2.75, 3.05) is 40.0 Å². The lowest BCUT2D eigenvalue weighted by atomic mass is 10.1. The second kappa shape index (κ2) is 8.64. The van der Waals surface area contributed by atoms with Gasteiger partial charge in [-0.2, -0.15) is 0 Å². The number of aliphatic carboxylic acids is 1. The van der Waals surface area contributed by atoms with Gasteiger partial charge in [0.15, 0.2) is 0 Å². The fourth-order valence-electron chi connectivity index (χ4n) is 1.27. The van der Waals surface area contributed by atoms with Crippen LogP contribution in [0.1, 0.15) is 13.3 Å². The van der Waals surface area contributed by atoms with Gasteiger partial charge >= 0.3 is 5.97 Å². The summed E-state index contributed by atoms with van der Waals surface area (Å²) in [5.41, 5.74) is 0. The summed E-state index contributed by atoms with van der Waals surface area (Å²) in [6.07, 6.45) is 0.663. The average Bonchev–Trinajstić information content (AvgIpc) is 2.21. The first-order chi connectivity index (χ1) is 7.11. The van der Waals surface area contributed by atoms with Crippen molar-refractivity contribution >= 4 is 5.97 Å². The van der Waals surface area contributed by atoms with E-state index in [1.807, 2.05) is 4.90 Å². The molecule has 0 bridgehead atoms. The maximum atomic E-state index is 10.7. The summed E-state index contributed by atoms with van der Waals surface area (Å²) in [5.74, 6) is -1.18. The molecule has 0 aromatic carbocycles. The normalized spacial score (nSPS) is 13.1. The standard InChI is InChI=1S/C10H21NO4/c1-9(10(13)14)8-11(4-3-6-12)5-7-15-2/h9,12H,3-8H2,1-2H3,(H,13,14). The minimum atomic E-state index is -0.790. The van der Waals surface area contributed by atoms with Gasteiger partial charge in [-0.05, 0) is 6.42 Å². The molecule has 0 heterocycles. The van der Waals surface area contributed by atoms with Crippen molar-refractivity contribution in [3.05, 3.63) is 0 Å². The number of ether oxygens (including phenoxy) is 1. The lowest BCUT2D eigenvalue weighted by Gasteiger charge is -2.23. The molecule has 5 heteroatoms. The Hall–Kier alpha value is -0.650. The zero-order valence-electron chi connectivity index (χ0n) is 9.48. The molecular formula is C10H21NO4. The number of nitrogens with zero attached hydrogens (tertiary/aromatic N) is 1. The van der Waals surface area contributed by atoms with Gasteiger partial charge in [0.25, 0.3) is 0 Å². The molecule has 0 saturated heterocycles. The van der Waals surface area contributed by atoms with Crippen LogP contribution in [0.4, 0.5) is 0 Å². The molecule has 0 rings (SSSR count). The van der Waals surface area contributed by atoms with Crippen LogP contribution in [-0.2, 0) is 9.53 Å². The molecule has 15 heavy (non-hydrogen) atoms. The van der Waals surface area contributed by atoms with E-state index >= 15 is 0 Å². The van der Waals surface area contributed by atoms with E-state index in [1.54, 1.807) is 14.0 Å². The Morgan fingerprint density at radius 3 is 2.60 bits per heavy atom. The molecule has 0 saturated carbocycles. The van der Waals surface area contributed by atoms with Crippen molar-refractivity contribution in [2.24, 2.45) is 5.92 Å². The van der Waals surface area contributed by atoms with E-state index in [9.17, 15) is 4.79 Å². The number of carboxylic acids is 1. The zero-order chi connectivity index (χ0) is 11.7. The fraction of sp³-hybridized carbons (Fsp3) is 0.900.